The molecule has 0 aromatic carbocycles. The number of cyclic esters (lactones) is 2. The summed E-state index contributed by atoms with van der Waals surface area (Å²) in [6.45, 7) is 6.86. The fourth-order valence-electron chi connectivity index (χ4n) is 3.12. The van der Waals surface area contributed by atoms with Crippen LogP contribution >= 0.6 is 0 Å². The highest BCUT2D eigenvalue weighted by Crippen LogP contribution is 2.08. The van der Waals surface area contributed by atoms with E-state index < -0.39 is 20.6 Å². The van der Waals surface area contributed by atoms with Crippen LogP contribution in [0.4, 0.5) is 4.79 Å². The summed E-state index contributed by atoms with van der Waals surface area (Å²) in [5.74, 6) is 1.65. The molecule has 282 valence electrons. The molecule has 4 aliphatic rings. The summed E-state index contributed by atoms with van der Waals surface area (Å²) >= 11 is 0. The lowest BCUT2D eigenvalue weighted by Gasteiger charge is -1.98. The van der Waals surface area contributed by atoms with Crippen LogP contribution in [0.3, 0.4) is 0 Å². The number of ether oxygens (including phenoxy) is 3. The minimum Gasteiger partial charge on any atom is -0.479 e. The van der Waals surface area contributed by atoms with E-state index in [-0.39, 0.29) is 12.1 Å². The van der Waals surface area contributed by atoms with Crippen molar-refractivity contribution >= 4 is 38.6 Å². The number of hydrogen-bond donors (Lipinski definition) is 0. The quantitative estimate of drug-likeness (QED) is 0.262. The molecule has 0 atom stereocenters. The highest BCUT2D eigenvalue weighted by molar-refractivity contribution is 7.91. The number of likely N-dealkylation sites (N-methyl/N-ethyl adjacent to an activating group) is 1. The van der Waals surface area contributed by atoms with Crippen molar-refractivity contribution in [2.75, 3.05) is 64.0 Å². The lowest BCUT2D eigenvalue weighted by Crippen LogP contribution is -2.17. The van der Waals surface area contributed by atoms with E-state index in [1.165, 1.54) is 6.92 Å². The van der Waals surface area contributed by atoms with Crippen LogP contribution in [0, 0.1) is 56.7 Å². The molecule has 3 fully saturated rings. The smallest absolute Gasteiger partial charge is 0.409 e. The molecule has 0 aliphatic carbocycles. The first-order valence-electron chi connectivity index (χ1n) is 16.2. The van der Waals surface area contributed by atoms with Crippen LogP contribution in [0.1, 0.15) is 97.3 Å². The molecule has 17 heteroatoms. The van der Waals surface area contributed by atoms with E-state index >= 15 is 0 Å². The van der Waals surface area contributed by atoms with Gasteiger partial charge >= 0.3 is 12.1 Å². The summed E-state index contributed by atoms with van der Waals surface area (Å²) < 4.78 is 44.6. The number of hydrogen-bond acceptors (Lipinski definition) is 14. The van der Waals surface area contributed by atoms with Crippen LogP contribution < -0.4 is 0 Å². The number of nitrogens with zero attached hydrogens (tertiary/aromatic N) is 7. The van der Waals surface area contributed by atoms with Crippen molar-refractivity contribution < 1.29 is 36.4 Å². The lowest BCUT2D eigenvalue weighted by atomic mass is 10.2. The molecular formula is C33H55N7O8S2. The van der Waals surface area contributed by atoms with E-state index in [0.29, 0.717) is 63.2 Å². The molecule has 4 rings (SSSR count). The number of carbonyl (C=O) groups is 2. The molecule has 50 heavy (non-hydrogen) atoms. The standard InChI is InChI=1S/C6H8N2.C6H10O2.C5H6N2.C4H7NO2.C4H7NO.C4H8O2S.C2H3N.C2H6OS/c7-5-3-1-2-4-6-8;7-6-4-2-1-3-5-8-6;6-4-2-1-3-5-7;1-5-2-3-7-4(5)6;1-4-5-2-3-6-4;5-7(6)3-1-2-4-7;1-2-3;1-4(2)3/h1-4H2;1-5H2;1-3H2;2-3H2,1H3;2-3H2,1H3;1-4H2;1H3;1-2H3. The first-order chi connectivity index (χ1) is 23.8. The van der Waals surface area contributed by atoms with E-state index in [2.05, 4.69) is 9.73 Å². The van der Waals surface area contributed by atoms with Gasteiger partial charge in [0.25, 0.3) is 0 Å². The topological polar surface area (TPSA) is 248 Å². The summed E-state index contributed by atoms with van der Waals surface area (Å²) in [5, 5.41) is 39.3. The van der Waals surface area contributed by atoms with Gasteiger partial charge in [0, 0.05) is 76.3 Å². The van der Waals surface area contributed by atoms with Crippen LogP contribution in [-0.2, 0) is 39.6 Å². The minimum absolute atomic E-state index is 0.0255. The van der Waals surface area contributed by atoms with E-state index in [0.717, 1.165) is 70.5 Å². The van der Waals surface area contributed by atoms with Gasteiger partial charge < -0.3 is 19.1 Å². The summed E-state index contributed by atoms with van der Waals surface area (Å²) in [5.41, 5.74) is 0. The van der Waals surface area contributed by atoms with Gasteiger partial charge in [-0.1, -0.05) is 0 Å². The van der Waals surface area contributed by atoms with Crippen LogP contribution in [0.25, 0.3) is 0 Å². The maximum absolute atomic E-state index is 10.5. The van der Waals surface area contributed by atoms with Crippen molar-refractivity contribution in [1.82, 2.24) is 4.90 Å². The number of amides is 1. The van der Waals surface area contributed by atoms with E-state index in [9.17, 15) is 22.2 Å². The van der Waals surface area contributed by atoms with Crippen LogP contribution in [0.2, 0.25) is 0 Å². The van der Waals surface area contributed by atoms with Gasteiger partial charge in [-0.05, 0) is 51.4 Å². The number of unbranched alkanes of at least 4 members (excludes halogenated alkanes) is 5. The highest BCUT2D eigenvalue weighted by atomic mass is 32.2. The Balaban J connectivity index is -0.000000245. The van der Waals surface area contributed by atoms with Gasteiger partial charge in [0.2, 0.25) is 0 Å². The molecule has 15 nitrogen and oxygen atoms in total. The van der Waals surface area contributed by atoms with Gasteiger partial charge in [0.05, 0.1) is 61.5 Å². The normalized spacial score (nSPS) is 15.5. The van der Waals surface area contributed by atoms with Gasteiger partial charge in [0.1, 0.15) is 23.1 Å². The van der Waals surface area contributed by atoms with E-state index in [4.69, 9.17) is 35.8 Å². The summed E-state index contributed by atoms with van der Waals surface area (Å²) in [7, 11) is -1.44. The molecular weight excluding hydrogens is 687 g/mol. The van der Waals surface area contributed by atoms with Crippen molar-refractivity contribution in [3.05, 3.63) is 0 Å². The molecule has 0 N–H and O–H groups in total. The van der Waals surface area contributed by atoms with Crippen LogP contribution in [-0.4, -0.2) is 99.5 Å². The summed E-state index contributed by atoms with van der Waals surface area (Å²) in [4.78, 5) is 26.2. The minimum atomic E-state index is -2.55. The van der Waals surface area contributed by atoms with Crippen LogP contribution in [0.5, 0.6) is 0 Å². The molecule has 1 amide bonds. The van der Waals surface area contributed by atoms with Gasteiger partial charge in [-0.15, -0.1) is 0 Å². The first-order valence-corrected chi connectivity index (χ1v) is 20.0. The van der Waals surface area contributed by atoms with Gasteiger partial charge in [-0.3, -0.25) is 14.0 Å². The molecule has 3 saturated heterocycles. The molecule has 0 saturated carbocycles. The second-order valence-corrected chi connectivity index (χ2v) is 14.1. The van der Waals surface area contributed by atoms with Crippen LogP contribution in [0.15, 0.2) is 4.99 Å². The van der Waals surface area contributed by atoms with Crippen molar-refractivity contribution in [2.45, 2.75) is 97.3 Å². The Kier molecular flexibility index (Phi) is 43.0. The maximum atomic E-state index is 10.5. The number of carbonyl (C=O) groups excluding carboxylic acids is 2. The maximum Gasteiger partial charge on any atom is 0.409 e. The second-order valence-electron chi connectivity index (χ2n) is 10.3. The van der Waals surface area contributed by atoms with Crippen molar-refractivity contribution in [3.63, 3.8) is 0 Å². The largest absolute Gasteiger partial charge is 0.479 e. The van der Waals surface area contributed by atoms with Crippen molar-refractivity contribution in [1.29, 1.82) is 26.3 Å². The molecule has 0 bridgehead atoms. The third-order valence-corrected chi connectivity index (χ3v) is 7.38. The Morgan fingerprint density at radius 3 is 1.52 bits per heavy atom. The summed E-state index contributed by atoms with van der Waals surface area (Å²) in [6.07, 6.45) is 13.3. The zero-order valence-electron chi connectivity index (χ0n) is 30.4. The van der Waals surface area contributed by atoms with Crippen molar-refractivity contribution in [3.8, 4) is 30.3 Å². The van der Waals surface area contributed by atoms with Crippen molar-refractivity contribution in [2.24, 2.45) is 4.99 Å². The predicted molar refractivity (Wildman–Crippen MR) is 191 cm³/mol. The molecule has 0 spiro atoms. The molecule has 4 aliphatic heterocycles. The Bertz CT molecular complexity index is 1200. The zero-order valence-corrected chi connectivity index (χ0v) is 32.0. The lowest BCUT2D eigenvalue weighted by molar-refractivity contribution is -0.142. The SMILES string of the molecule is CC#N.CC1=NCCO1.CN1CCOC1=O.CS(C)=O.N#CCCCC#N.N#CCCCCC#N.O=C1CCCCCO1.O=S1(=O)CCCC1. The third kappa shape index (κ3) is 50.6. The average molecular weight is 742 g/mol. The Labute approximate surface area is 302 Å². The number of nitriles is 5. The number of sulfone groups is 1. The number of esters is 1. The Morgan fingerprint density at radius 2 is 1.24 bits per heavy atom. The first kappa shape index (κ1) is 52.6. The predicted octanol–water partition coefficient (Wildman–Crippen LogP) is 5.12. The molecule has 0 aromatic heterocycles. The Morgan fingerprint density at radius 1 is 0.760 bits per heavy atom. The molecule has 0 aromatic rings. The molecule has 0 unspecified atom stereocenters. The highest BCUT2D eigenvalue weighted by Gasteiger charge is 2.16. The summed E-state index contributed by atoms with van der Waals surface area (Å²) in [6, 6.07) is 9.69. The zero-order chi connectivity index (χ0) is 38.9. The number of rotatable bonds is 5. The molecule has 0 radical (unpaired) electrons. The van der Waals surface area contributed by atoms with E-state index in [1.54, 1.807) is 30.5 Å². The molecule has 4 heterocycles. The van der Waals surface area contributed by atoms with Gasteiger partial charge in [-0.25, -0.2) is 13.2 Å². The van der Waals surface area contributed by atoms with Gasteiger partial charge in [0.15, 0.2) is 5.90 Å². The van der Waals surface area contributed by atoms with Gasteiger partial charge in [-0.2, -0.15) is 26.3 Å². The fraction of sp³-hybridized carbons (Fsp3) is 0.758. The average Bonchev–Trinajstić information content (AvgIpc) is 3.77. The monoisotopic (exact) mass is 741 g/mol. The Hall–Kier alpha value is -4.24. The van der Waals surface area contributed by atoms with E-state index in [1.807, 2.05) is 31.2 Å². The second kappa shape index (κ2) is 40.9. The third-order valence-electron chi connectivity index (χ3n) is 5.55. The fourth-order valence-corrected chi connectivity index (χ4v) is 4.61. The number of aliphatic imine (C=N–C) groups is 1.